The Morgan fingerprint density at radius 2 is 1.96 bits per heavy atom. The Morgan fingerprint density at radius 3 is 2.62 bits per heavy atom. The molecule has 2 atom stereocenters. The lowest BCUT2D eigenvalue weighted by molar-refractivity contribution is -0.151. The molecule has 0 bridgehead atoms. The summed E-state index contributed by atoms with van der Waals surface area (Å²) in [5, 5.41) is 1.87. The van der Waals surface area contributed by atoms with E-state index in [0.29, 0.717) is 10.6 Å². The highest BCUT2D eigenvalue weighted by molar-refractivity contribution is 8.00. The Labute approximate surface area is 162 Å². The van der Waals surface area contributed by atoms with Gasteiger partial charge in [-0.25, -0.2) is 4.79 Å². The lowest BCUT2D eigenvalue weighted by atomic mass is 10.1. The highest BCUT2D eigenvalue weighted by atomic mass is 32.2. The van der Waals surface area contributed by atoms with E-state index in [4.69, 9.17) is 4.74 Å². The molecule has 6 heteroatoms. The van der Waals surface area contributed by atoms with Crippen molar-refractivity contribution in [2.75, 3.05) is 5.75 Å². The summed E-state index contributed by atoms with van der Waals surface area (Å²) in [4.78, 5) is 28.0. The lowest BCUT2D eigenvalue weighted by Gasteiger charge is -2.28. The van der Waals surface area contributed by atoms with E-state index in [2.05, 4.69) is 12.1 Å². The van der Waals surface area contributed by atoms with Crippen molar-refractivity contribution in [1.82, 2.24) is 4.90 Å². The van der Waals surface area contributed by atoms with Gasteiger partial charge in [-0.05, 0) is 43.7 Å². The van der Waals surface area contributed by atoms with Crippen LogP contribution in [0.1, 0.15) is 35.5 Å². The molecule has 1 amide bonds. The van der Waals surface area contributed by atoms with Gasteiger partial charge in [0, 0.05) is 5.75 Å². The fraction of sp³-hybridized carbons (Fsp3) is 0.400. The molecule has 0 unspecified atom stereocenters. The average Bonchev–Trinajstić information content (AvgIpc) is 3.29. The van der Waals surface area contributed by atoms with Crippen LogP contribution in [0.2, 0.25) is 0 Å². The van der Waals surface area contributed by atoms with E-state index in [1.165, 1.54) is 16.9 Å². The maximum atomic E-state index is 13.0. The van der Waals surface area contributed by atoms with Crippen molar-refractivity contribution < 1.29 is 14.3 Å². The summed E-state index contributed by atoms with van der Waals surface area (Å²) in [7, 11) is 0. The van der Waals surface area contributed by atoms with Gasteiger partial charge >= 0.3 is 5.97 Å². The van der Waals surface area contributed by atoms with Crippen molar-refractivity contribution in [2.45, 2.75) is 44.2 Å². The molecule has 0 radical (unpaired) electrons. The number of rotatable bonds is 6. The number of nitrogens with zero attached hydrogens (tertiary/aromatic N) is 1. The molecule has 1 aromatic heterocycles. The first kappa shape index (κ1) is 19.0. The number of thiophene rings is 1. The average molecular weight is 390 g/mol. The number of amides is 1. The smallest absolute Gasteiger partial charge is 0.330 e. The molecule has 2 heterocycles. The Kier molecular flexibility index (Phi) is 6.38. The van der Waals surface area contributed by atoms with Gasteiger partial charge in [0.2, 0.25) is 0 Å². The molecule has 0 N–H and O–H groups in total. The molecule has 1 aromatic carbocycles. The van der Waals surface area contributed by atoms with E-state index in [-0.39, 0.29) is 23.4 Å². The second-order valence-electron chi connectivity index (χ2n) is 6.50. The number of carbonyl (C=O) groups is 2. The van der Waals surface area contributed by atoms with Gasteiger partial charge in [-0.2, -0.15) is 0 Å². The van der Waals surface area contributed by atoms with Crippen LogP contribution in [-0.4, -0.2) is 40.0 Å². The summed E-state index contributed by atoms with van der Waals surface area (Å²) in [6.07, 6.45) is 1.50. The van der Waals surface area contributed by atoms with Crippen LogP contribution in [0, 0.1) is 0 Å². The predicted octanol–water partition coefficient (Wildman–Crippen LogP) is 4.22. The fourth-order valence-corrected chi connectivity index (χ4v) is 5.07. The molecule has 1 aliphatic rings. The van der Waals surface area contributed by atoms with E-state index in [9.17, 15) is 9.59 Å². The first-order valence-corrected chi connectivity index (χ1v) is 10.7. The van der Waals surface area contributed by atoms with Crippen LogP contribution in [0.5, 0.6) is 0 Å². The molecular weight excluding hydrogens is 366 g/mol. The standard InChI is InChI=1S/C20H23NO3S2/c1-14(2)24-20(23)16-13-26-18(11-10-15-7-4-3-5-8-15)21(16)19(22)17-9-6-12-25-17/h3-9,12,14,16,18H,10-11,13H2,1-2H3/t16-,18+/m0/s1. The molecule has 0 spiro atoms. The third kappa shape index (κ3) is 4.48. The summed E-state index contributed by atoms with van der Waals surface area (Å²) < 4.78 is 5.40. The highest BCUT2D eigenvalue weighted by Crippen LogP contribution is 2.35. The van der Waals surface area contributed by atoms with Crippen LogP contribution < -0.4 is 0 Å². The van der Waals surface area contributed by atoms with Gasteiger partial charge in [0.1, 0.15) is 6.04 Å². The van der Waals surface area contributed by atoms with Crippen molar-refractivity contribution in [2.24, 2.45) is 0 Å². The number of hydrogen-bond acceptors (Lipinski definition) is 5. The van der Waals surface area contributed by atoms with Gasteiger partial charge in [0.25, 0.3) is 5.91 Å². The number of hydrogen-bond donors (Lipinski definition) is 0. The van der Waals surface area contributed by atoms with Crippen molar-refractivity contribution in [3.8, 4) is 0 Å². The summed E-state index contributed by atoms with van der Waals surface area (Å²) in [5.41, 5.74) is 1.24. The van der Waals surface area contributed by atoms with Crippen LogP contribution in [0.15, 0.2) is 47.8 Å². The molecule has 2 aromatic rings. The Bertz CT molecular complexity index is 731. The molecule has 26 heavy (non-hydrogen) atoms. The predicted molar refractivity (Wildman–Crippen MR) is 107 cm³/mol. The zero-order valence-corrected chi connectivity index (χ0v) is 16.6. The number of thioether (sulfide) groups is 1. The Balaban J connectivity index is 1.76. The maximum Gasteiger partial charge on any atom is 0.330 e. The summed E-state index contributed by atoms with van der Waals surface area (Å²) in [6, 6.07) is 13.4. The third-order valence-corrected chi connectivity index (χ3v) is 6.42. The van der Waals surface area contributed by atoms with Gasteiger partial charge in [0.15, 0.2) is 0 Å². The molecule has 1 fully saturated rings. The first-order valence-electron chi connectivity index (χ1n) is 8.78. The summed E-state index contributed by atoms with van der Waals surface area (Å²) in [5.74, 6) is 0.204. The monoisotopic (exact) mass is 389 g/mol. The Morgan fingerprint density at radius 1 is 1.19 bits per heavy atom. The van der Waals surface area contributed by atoms with Crippen LogP contribution in [0.3, 0.4) is 0 Å². The molecule has 1 aliphatic heterocycles. The van der Waals surface area contributed by atoms with Crippen LogP contribution in [0.25, 0.3) is 0 Å². The van der Waals surface area contributed by atoms with Crippen LogP contribution in [-0.2, 0) is 16.0 Å². The number of ether oxygens (including phenoxy) is 1. The molecule has 1 saturated heterocycles. The zero-order chi connectivity index (χ0) is 18.5. The minimum Gasteiger partial charge on any atom is -0.461 e. The second kappa shape index (κ2) is 8.73. The molecule has 4 nitrogen and oxygen atoms in total. The molecule has 0 saturated carbocycles. The van der Waals surface area contributed by atoms with E-state index in [0.717, 1.165) is 12.8 Å². The number of carbonyl (C=O) groups excluding carboxylic acids is 2. The lowest BCUT2D eigenvalue weighted by Crippen LogP contribution is -2.46. The number of benzene rings is 1. The van der Waals surface area contributed by atoms with Gasteiger partial charge in [0.05, 0.1) is 16.4 Å². The molecule has 138 valence electrons. The normalized spacial score (nSPS) is 19.7. The minimum absolute atomic E-state index is 0.0190. The largest absolute Gasteiger partial charge is 0.461 e. The highest BCUT2D eigenvalue weighted by Gasteiger charge is 2.42. The van der Waals surface area contributed by atoms with Crippen molar-refractivity contribution in [1.29, 1.82) is 0 Å². The molecular formula is C20H23NO3S2. The molecule has 0 aliphatic carbocycles. The van der Waals surface area contributed by atoms with Crippen LogP contribution in [0.4, 0.5) is 0 Å². The van der Waals surface area contributed by atoms with E-state index >= 15 is 0 Å². The van der Waals surface area contributed by atoms with E-state index in [1.807, 2.05) is 49.6 Å². The van der Waals surface area contributed by atoms with Crippen LogP contribution >= 0.6 is 23.1 Å². The summed E-state index contributed by atoms with van der Waals surface area (Å²) in [6.45, 7) is 3.66. The third-order valence-electron chi connectivity index (χ3n) is 4.21. The van der Waals surface area contributed by atoms with Gasteiger partial charge < -0.3 is 9.64 Å². The second-order valence-corrected chi connectivity index (χ2v) is 8.66. The van der Waals surface area contributed by atoms with Crippen molar-refractivity contribution in [3.05, 3.63) is 58.3 Å². The zero-order valence-electron chi connectivity index (χ0n) is 15.0. The summed E-state index contributed by atoms with van der Waals surface area (Å²) >= 11 is 3.08. The van der Waals surface area contributed by atoms with Gasteiger partial charge in [-0.1, -0.05) is 36.4 Å². The van der Waals surface area contributed by atoms with E-state index in [1.54, 1.807) is 16.7 Å². The first-order chi connectivity index (χ1) is 12.6. The topological polar surface area (TPSA) is 46.6 Å². The molecule has 3 rings (SSSR count). The van der Waals surface area contributed by atoms with Crippen molar-refractivity contribution >= 4 is 35.0 Å². The fourth-order valence-electron chi connectivity index (χ4n) is 3.01. The minimum atomic E-state index is -0.516. The maximum absolute atomic E-state index is 13.0. The van der Waals surface area contributed by atoms with Gasteiger partial charge in [-0.15, -0.1) is 23.1 Å². The van der Waals surface area contributed by atoms with Gasteiger partial charge in [-0.3, -0.25) is 4.79 Å². The quantitative estimate of drug-likeness (QED) is 0.694. The Hall–Kier alpha value is -1.79. The van der Waals surface area contributed by atoms with Crippen molar-refractivity contribution in [3.63, 3.8) is 0 Å². The SMILES string of the molecule is CC(C)OC(=O)[C@@H]1CS[C@H](CCc2ccccc2)N1C(=O)c1cccs1. The number of aryl methyl sites for hydroxylation is 1. The van der Waals surface area contributed by atoms with E-state index < -0.39 is 6.04 Å². The number of esters is 1.